The van der Waals surface area contributed by atoms with Gasteiger partial charge in [0.1, 0.15) is 11.5 Å². The summed E-state index contributed by atoms with van der Waals surface area (Å²) in [5, 5.41) is 0. The van der Waals surface area contributed by atoms with Gasteiger partial charge in [0.15, 0.2) is 6.61 Å². The quantitative estimate of drug-likeness (QED) is 0.587. The maximum Gasteiger partial charge on any atom is 0.349 e. The largest absolute Gasteiger partial charge is 0.482 e. The van der Waals surface area contributed by atoms with E-state index in [0.717, 1.165) is 15.8 Å². The first kappa shape index (κ1) is 15.6. The molecule has 0 aliphatic carbocycles. The number of para-hydroxylation sites is 1. The third-order valence-corrected chi connectivity index (χ3v) is 3.46. The third kappa shape index (κ3) is 4.60. The molecule has 0 atom stereocenters. The molecule has 0 aromatic heterocycles. The van der Waals surface area contributed by atoms with Crippen LogP contribution in [0, 0.1) is 0 Å². The molecule has 0 radical (unpaired) electrons. The normalized spacial score (nSPS) is 10.5. The van der Waals surface area contributed by atoms with Gasteiger partial charge in [-0.05, 0) is 41.8 Å². The van der Waals surface area contributed by atoms with Crippen molar-refractivity contribution in [2.45, 2.75) is 19.8 Å². The molecular weight excluding hydrogens is 332 g/mol. The van der Waals surface area contributed by atoms with Crippen LogP contribution in [0.4, 0.5) is 0 Å². The second-order valence-electron chi connectivity index (χ2n) is 4.91. The van der Waals surface area contributed by atoms with Crippen LogP contribution in [0.15, 0.2) is 53.0 Å². The molecule has 0 saturated heterocycles. The number of carbonyl (C=O) groups is 1. The summed E-state index contributed by atoms with van der Waals surface area (Å²) >= 11 is 3.33. The lowest BCUT2D eigenvalue weighted by atomic mass is 10.0. The molecule has 4 heteroatoms. The van der Waals surface area contributed by atoms with Gasteiger partial charge < -0.3 is 9.47 Å². The average Bonchev–Trinajstić information content (AvgIpc) is 2.48. The van der Waals surface area contributed by atoms with E-state index in [-0.39, 0.29) is 6.61 Å². The minimum Gasteiger partial charge on any atom is -0.482 e. The van der Waals surface area contributed by atoms with Crippen molar-refractivity contribution in [3.05, 3.63) is 58.6 Å². The Morgan fingerprint density at radius 3 is 2.43 bits per heavy atom. The molecule has 0 aliphatic heterocycles. The number of carbonyl (C=O) groups excluding carboxylic acids is 1. The van der Waals surface area contributed by atoms with Gasteiger partial charge in [0, 0.05) is 4.47 Å². The Hall–Kier alpha value is -1.81. The number of ether oxygens (including phenoxy) is 2. The second kappa shape index (κ2) is 7.27. The number of esters is 1. The summed E-state index contributed by atoms with van der Waals surface area (Å²) in [4.78, 5) is 11.8. The standard InChI is InChI=1S/C17H17BrO3/c1-12(2)15-5-3-4-6-16(15)20-11-17(19)21-14-9-7-13(18)8-10-14/h3-10,12H,11H2,1-2H3. The van der Waals surface area contributed by atoms with Gasteiger partial charge in [0.25, 0.3) is 0 Å². The molecule has 0 fully saturated rings. The van der Waals surface area contributed by atoms with E-state index in [4.69, 9.17) is 9.47 Å². The van der Waals surface area contributed by atoms with Gasteiger partial charge >= 0.3 is 5.97 Å². The molecule has 0 spiro atoms. The van der Waals surface area contributed by atoms with Crippen LogP contribution in [0.1, 0.15) is 25.3 Å². The Morgan fingerprint density at radius 2 is 1.76 bits per heavy atom. The Kier molecular flexibility index (Phi) is 5.39. The van der Waals surface area contributed by atoms with Gasteiger partial charge in [-0.1, -0.05) is 48.0 Å². The molecule has 0 aliphatic rings. The molecule has 0 bridgehead atoms. The van der Waals surface area contributed by atoms with E-state index < -0.39 is 5.97 Å². The molecule has 21 heavy (non-hydrogen) atoms. The summed E-state index contributed by atoms with van der Waals surface area (Å²) in [6, 6.07) is 14.8. The van der Waals surface area contributed by atoms with Crippen LogP contribution in [0.3, 0.4) is 0 Å². The van der Waals surface area contributed by atoms with Crippen LogP contribution in [-0.4, -0.2) is 12.6 Å². The first-order valence-corrected chi connectivity index (χ1v) is 7.53. The number of halogens is 1. The highest BCUT2D eigenvalue weighted by Crippen LogP contribution is 2.25. The summed E-state index contributed by atoms with van der Waals surface area (Å²) < 4.78 is 11.7. The predicted octanol–water partition coefficient (Wildman–Crippen LogP) is 4.56. The van der Waals surface area contributed by atoms with Crippen molar-refractivity contribution in [2.24, 2.45) is 0 Å². The third-order valence-electron chi connectivity index (χ3n) is 2.93. The first-order valence-electron chi connectivity index (χ1n) is 6.74. The van der Waals surface area contributed by atoms with Crippen molar-refractivity contribution in [1.29, 1.82) is 0 Å². The van der Waals surface area contributed by atoms with Crippen LogP contribution in [0.2, 0.25) is 0 Å². The van der Waals surface area contributed by atoms with Crippen molar-refractivity contribution in [1.82, 2.24) is 0 Å². The minimum absolute atomic E-state index is 0.111. The predicted molar refractivity (Wildman–Crippen MR) is 85.8 cm³/mol. The molecule has 2 aromatic carbocycles. The summed E-state index contributed by atoms with van der Waals surface area (Å²) in [5.41, 5.74) is 1.08. The van der Waals surface area contributed by atoms with Crippen molar-refractivity contribution in [3.8, 4) is 11.5 Å². The molecule has 0 N–H and O–H groups in total. The van der Waals surface area contributed by atoms with Gasteiger partial charge in [-0.3, -0.25) is 0 Å². The second-order valence-corrected chi connectivity index (χ2v) is 5.82. The van der Waals surface area contributed by atoms with Crippen LogP contribution >= 0.6 is 15.9 Å². The fourth-order valence-electron chi connectivity index (χ4n) is 1.89. The zero-order chi connectivity index (χ0) is 15.2. The molecule has 3 nitrogen and oxygen atoms in total. The van der Waals surface area contributed by atoms with Crippen LogP contribution in [0.5, 0.6) is 11.5 Å². The molecule has 2 aromatic rings. The highest BCUT2D eigenvalue weighted by atomic mass is 79.9. The number of hydrogen-bond acceptors (Lipinski definition) is 3. The molecule has 0 unspecified atom stereocenters. The maximum atomic E-state index is 11.8. The van der Waals surface area contributed by atoms with E-state index >= 15 is 0 Å². The van der Waals surface area contributed by atoms with Crippen LogP contribution in [0.25, 0.3) is 0 Å². The number of hydrogen-bond donors (Lipinski definition) is 0. The smallest absolute Gasteiger partial charge is 0.349 e. The van der Waals surface area contributed by atoms with Crippen molar-refractivity contribution < 1.29 is 14.3 Å². The van der Waals surface area contributed by atoms with Crippen molar-refractivity contribution >= 4 is 21.9 Å². The summed E-state index contributed by atoms with van der Waals surface area (Å²) in [6.45, 7) is 4.06. The van der Waals surface area contributed by atoms with Crippen LogP contribution < -0.4 is 9.47 Å². The Morgan fingerprint density at radius 1 is 1.10 bits per heavy atom. The zero-order valence-corrected chi connectivity index (χ0v) is 13.6. The molecule has 0 amide bonds. The van der Waals surface area contributed by atoms with E-state index in [9.17, 15) is 4.79 Å². The van der Waals surface area contributed by atoms with Crippen LogP contribution in [-0.2, 0) is 4.79 Å². The van der Waals surface area contributed by atoms with Gasteiger partial charge in [-0.25, -0.2) is 4.79 Å². The molecule has 0 heterocycles. The molecule has 0 saturated carbocycles. The fraction of sp³-hybridized carbons (Fsp3) is 0.235. The zero-order valence-electron chi connectivity index (χ0n) is 12.0. The molecule has 110 valence electrons. The Bertz CT molecular complexity index is 606. The number of benzene rings is 2. The minimum atomic E-state index is -0.420. The first-order chi connectivity index (χ1) is 10.1. The molecular formula is C17H17BrO3. The van der Waals surface area contributed by atoms with Gasteiger partial charge in [-0.15, -0.1) is 0 Å². The summed E-state index contributed by atoms with van der Waals surface area (Å²) in [7, 11) is 0. The average molecular weight is 349 g/mol. The SMILES string of the molecule is CC(C)c1ccccc1OCC(=O)Oc1ccc(Br)cc1. The van der Waals surface area contributed by atoms with Gasteiger partial charge in [-0.2, -0.15) is 0 Å². The lowest BCUT2D eigenvalue weighted by Gasteiger charge is -2.13. The monoisotopic (exact) mass is 348 g/mol. The van der Waals surface area contributed by atoms with E-state index in [1.165, 1.54) is 0 Å². The molecule has 2 rings (SSSR count). The van der Waals surface area contributed by atoms with E-state index in [0.29, 0.717) is 11.7 Å². The van der Waals surface area contributed by atoms with Crippen molar-refractivity contribution in [3.63, 3.8) is 0 Å². The van der Waals surface area contributed by atoms with E-state index in [1.807, 2.05) is 36.4 Å². The van der Waals surface area contributed by atoms with E-state index in [1.54, 1.807) is 12.1 Å². The maximum absolute atomic E-state index is 11.8. The highest BCUT2D eigenvalue weighted by Gasteiger charge is 2.10. The van der Waals surface area contributed by atoms with E-state index in [2.05, 4.69) is 29.8 Å². The fourth-order valence-corrected chi connectivity index (χ4v) is 2.15. The Labute approximate surface area is 133 Å². The van der Waals surface area contributed by atoms with Gasteiger partial charge in [0.05, 0.1) is 0 Å². The lowest BCUT2D eigenvalue weighted by Crippen LogP contribution is -2.18. The lowest BCUT2D eigenvalue weighted by molar-refractivity contribution is -0.136. The number of rotatable bonds is 5. The van der Waals surface area contributed by atoms with Crippen molar-refractivity contribution in [2.75, 3.05) is 6.61 Å². The van der Waals surface area contributed by atoms with Gasteiger partial charge in [0.2, 0.25) is 0 Å². The topological polar surface area (TPSA) is 35.5 Å². The highest BCUT2D eigenvalue weighted by molar-refractivity contribution is 9.10. The Balaban J connectivity index is 1.94. The summed E-state index contributed by atoms with van der Waals surface area (Å²) in [5.74, 6) is 1.14. The summed E-state index contributed by atoms with van der Waals surface area (Å²) in [6.07, 6.45) is 0.